The van der Waals surface area contributed by atoms with Crippen molar-refractivity contribution in [2.45, 2.75) is 38.3 Å². The first kappa shape index (κ1) is 19.6. The van der Waals surface area contributed by atoms with Crippen LogP contribution in [-0.4, -0.2) is 84.3 Å². The highest BCUT2D eigenvalue weighted by molar-refractivity contribution is 7.09. The first-order valence-electron chi connectivity index (χ1n) is 9.88. The first-order valence-corrected chi connectivity index (χ1v) is 10.8. The predicted molar refractivity (Wildman–Crippen MR) is 105 cm³/mol. The molecular weight excluding hydrogens is 348 g/mol. The van der Waals surface area contributed by atoms with Gasteiger partial charge in [-0.05, 0) is 50.2 Å². The van der Waals surface area contributed by atoms with Gasteiger partial charge < -0.3 is 20.2 Å². The van der Waals surface area contributed by atoms with Crippen LogP contribution in [0.15, 0.2) is 17.5 Å². The number of nitrogens with zero attached hydrogens (tertiary/aromatic N) is 3. The summed E-state index contributed by atoms with van der Waals surface area (Å²) in [6.07, 6.45) is 3.79. The summed E-state index contributed by atoms with van der Waals surface area (Å²) in [6, 6.07) is 4.35. The van der Waals surface area contributed by atoms with Crippen LogP contribution in [0, 0.1) is 0 Å². The van der Waals surface area contributed by atoms with E-state index < -0.39 is 0 Å². The molecule has 0 aromatic carbocycles. The fourth-order valence-electron chi connectivity index (χ4n) is 3.80. The molecule has 7 heteroatoms. The highest BCUT2D eigenvalue weighted by Crippen LogP contribution is 2.14. The Kier molecular flexibility index (Phi) is 7.73. The van der Waals surface area contributed by atoms with Gasteiger partial charge in [0.1, 0.15) is 0 Å². The average molecular weight is 381 g/mol. The molecule has 2 aliphatic rings. The molecule has 1 atom stereocenters. The minimum atomic E-state index is -0.174. The Hall–Kier alpha value is -1.15. The van der Waals surface area contributed by atoms with Gasteiger partial charge in [0.25, 0.3) is 0 Å². The summed E-state index contributed by atoms with van der Waals surface area (Å²) < 4.78 is 0. The van der Waals surface area contributed by atoms with Gasteiger partial charge in [0.15, 0.2) is 0 Å². The van der Waals surface area contributed by atoms with E-state index in [1.54, 1.807) is 11.3 Å². The highest BCUT2D eigenvalue weighted by Gasteiger charge is 2.20. The summed E-state index contributed by atoms with van der Waals surface area (Å²) in [5.41, 5.74) is 0. The molecule has 146 valence electrons. The summed E-state index contributed by atoms with van der Waals surface area (Å²) in [5.74, 6) is 0. The fraction of sp³-hybridized carbons (Fsp3) is 0.737. The number of hydrogen-bond donors (Lipinski definition) is 2. The second-order valence-electron chi connectivity index (χ2n) is 7.38. The molecule has 2 saturated heterocycles. The average Bonchev–Trinajstić information content (AvgIpc) is 3.03. The molecule has 3 heterocycles. The molecule has 6 nitrogen and oxygen atoms in total. The Morgan fingerprint density at radius 2 is 2.08 bits per heavy atom. The van der Waals surface area contributed by atoms with E-state index in [4.69, 9.17) is 0 Å². The normalized spacial score (nSPS) is 23.0. The fourth-order valence-corrected chi connectivity index (χ4v) is 4.55. The molecular formula is C19H32N4O2S. The molecule has 2 amide bonds. The van der Waals surface area contributed by atoms with Gasteiger partial charge in [-0.2, -0.15) is 0 Å². The number of thiophene rings is 1. The van der Waals surface area contributed by atoms with Crippen molar-refractivity contribution in [2.24, 2.45) is 0 Å². The zero-order valence-electron chi connectivity index (χ0n) is 15.6. The van der Waals surface area contributed by atoms with Gasteiger partial charge in [-0.15, -0.1) is 11.3 Å². The topological polar surface area (TPSA) is 59.1 Å². The molecule has 1 aromatic heterocycles. The third-order valence-electron chi connectivity index (χ3n) is 5.24. The summed E-state index contributed by atoms with van der Waals surface area (Å²) in [6.45, 7) is 8.13. The number of rotatable bonds is 6. The number of amides is 2. The molecule has 3 rings (SSSR count). The third-order valence-corrected chi connectivity index (χ3v) is 6.10. The summed E-state index contributed by atoms with van der Waals surface area (Å²) in [7, 11) is 0. The summed E-state index contributed by atoms with van der Waals surface area (Å²) in [5, 5.41) is 14.9. The second-order valence-corrected chi connectivity index (χ2v) is 8.41. The van der Waals surface area contributed by atoms with Crippen molar-refractivity contribution in [3.05, 3.63) is 22.4 Å². The standard InChI is InChI=1S/C19H32N4O2S/c24-17-5-1-8-21(15-17)9-3-7-20-19(25)23-11-4-10-22(12-13-23)16-18-6-2-14-26-18/h2,6,14,17,24H,1,3-5,7-13,15-16H2,(H,20,25)/t17-/m0/s1. The number of nitrogens with one attached hydrogen (secondary N) is 1. The monoisotopic (exact) mass is 380 g/mol. The number of β-amino-alcohol motifs (C(OH)–C–C–N with tert-alkyl or cyclic N) is 1. The van der Waals surface area contributed by atoms with Crippen LogP contribution >= 0.6 is 11.3 Å². The lowest BCUT2D eigenvalue weighted by atomic mass is 10.1. The number of piperidine rings is 1. The molecule has 0 bridgehead atoms. The van der Waals surface area contributed by atoms with Crippen LogP contribution in [0.1, 0.15) is 30.6 Å². The van der Waals surface area contributed by atoms with Crippen molar-refractivity contribution in [2.75, 3.05) is 52.4 Å². The highest BCUT2D eigenvalue weighted by atomic mass is 32.1. The van der Waals surface area contributed by atoms with Gasteiger partial charge in [-0.1, -0.05) is 6.07 Å². The number of aliphatic hydroxyl groups is 1. The van der Waals surface area contributed by atoms with Crippen molar-refractivity contribution < 1.29 is 9.90 Å². The minimum Gasteiger partial charge on any atom is -0.392 e. The molecule has 0 radical (unpaired) electrons. The Morgan fingerprint density at radius 3 is 2.88 bits per heavy atom. The molecule has 1 aromatic rings. The molecule has 0 saturated carbocycles. The minimum absolute atomic E-state index is 0.0710. The Morgan fingerprint density at radius 1 is 1.19 bits per heavy atom. The van der Waals surface area contributed by atoms with Crippen LogP contribution < -0.4 is 5.32 Å². The number of urea groups is 1. The van der Waals surface area contributed by atoms with E-state index in [9.17, 15) is 9.90 Å². The molecule has 0 aliphatic carbocycles. The van der Waals surface area contributed by atoms with Gasteiger partial charge in [0.2, 0.25) is 0 Å². The SMILES string of the molecule is O=C(NCCCN1CCC[C@H](O)C1)N1CCCN(Cc2cccs2)CC1. The maximum Gasteiger partial charge on any atom is 0.317 e. The van der Waals surface area contributed by atoms with E-state index >= 15 is 0 Å². The molecule has 0 unspecified atom stereocenters. The maximum absolute atomic E-state index is 12.4. The number of aliphatic hydroxyl groups excluding tert-OH is 1. The molecule has 2 N–H and O–H groups in total. The van der Waals surface area contributed by atoms with Gasteiger partial charge in [0.05, 0.1) is 6.10 Å². The lowest BCUT2D eigenvalue weighted by Crippen LogP contribution is -2.43. The quantitative estimate of drug-likeness (QED) is 0.739. The maximum atomic E-state index is 12.4. The van der Waals surface area contributed by atoms with E-state index in [1.165, 1.54) is 4.88 Å². The number of carbonyl (C=O) groups excluding carboxylic acids is 1. The molecule has 2 aliphatic heterocycles. The predicted octanol–water partition coefficient (Wildman–Crippen LogP) is 1.81. The second kappa shape index (κ2) is 10.3. The van der Waals surface area contributed by atoms with Gasteiger partial charge >= 0.3 is 6.03 Å². The van der Waals surface area contributed by atoms with Crippen molar-refractivity contribution in [3.63, 3.8) is 0 Å². The molecule has 2 fully saturated rings. The zero-order chi connectivity index (χ0) is 18.2. The Bertz CT molecular complexity index is 540. The van der Waals surface area contributed by atoms with Crippen LogP contribution in [0.5, 0.6) is 0 Å². The van der Waals surface area contributed by atoms with Crippen LogP contribution in [0.2, 0.25) is 0 Å². The van der Waals surface area contributed by atoms with Crippen LogP contribution in [0.25, 0.3) is 0 Å². The van der Waals surface area contributed by atoms with Gasteiger partial charge in [0, 0.05) is 50.7 Å². The van der Waals surface area contributed by atoms with Crippen molar-refractivity contribution in [1.82, 2.24) is 20.0 Å². The molecule has 26 heavy (non-hydrogen) atoms. The Balaban J connectivity index is 1.31. The zero-order valence-corrected chi connectivity index (χ0v) is 16.4. The molecule has 0 spiro atoms. The number of likely N-dealkylation sites (tertiary alicyclic amines) is 1. The van der Waals surface area contributed by atoms with Crippen LogP contribution in [0.3, 0.4) is 0 Å². The van der Waals surface area contributed by atoms with Gasteiger partial charge in [-0.3, -0.25) is 4.90 Å². The number of carbonyl (C=O) groups is 1. The van der Waals surface area contributed by atoms with Crippen molar-refractivity contribution in [3.8, 4) is 0 Å². The smallest absolute Gasteiger partial charge is 0.317 e. The van der Waals surface area contributed by atoms with Crippen molar-refractivity contribution >= 4 is 17.4 Å². The lowest BCUT2D eigenvalue weighted by Gasteiger charge is -2.30. The lowest BCUT2D eigenvalue weighted by molar-refractivity contribution is 0.0702. The summed E-state index contributed by atoms with van der Waals surface area (Å²) >= 11 is 1.80. The van der Waals surface area contributed by atoms with Crippen LogP contribution in [-0.2, 0) is 6.54 Å². The van der Waals surface area contributed by atoms with Crippen molar-refractivity contribution in [1.29, 1.82) is 0 Å². The van der Waals surface area contributed by atoms with E-state index in [-0.39, 0.29) is 12.1 Å². The van der Waals surface area contributed by atoms with E-state index in [1.807, 2.05) is 4.90 Å². The third kappa shape index (κ3) is 6.23. The van der Waals surface area contributed by atoms with E-state index in [0.29, 0.717) is 6.54 Å². The van der Waals surface area contributed by atoms with E-state index in [0.717, 1.165) is 78.0 Å². The Labute approximate surface area is 160 Å². The first-order chi connectivity index (χ1) is 12.7. The largest absolute Gasteiger partial charge is 0.392 e. The summed E-state index contributed by atoms with van der Waals surface area (Å²) in [4.78, 5) is 20.5. The van der Waals surface area contributed by atoms with Crippen LogP contribution in [0.4, 0.5) is 4.79 Å². The number of hydrogen-bond acceptors (Lipinski definition) is 5. The van der Waals surface area contributed by atoms with E-state index in [2.05, 4.69) is 32.6 Å². The van der Waals surface area contributed by atoms with Gasteiger partial charge in [-0.25, -0.2) is 4.79 Å².